The van der Waals surface area contributed by atoms with Gasteiger partial charge in [0.1, 0.15) is 6.61 Å². The Kier molecular flexibility index (Phi) is 4.76. The zero-order valence-electron chi connectivity index (χ0n) is 11.3. The first-order chi connectivity index (χ1) is 9.08. The molecule has 1 amide bonds. The maximum absolute atomic E-state index is 11.3. The number of nitrogens with one attached hydrogen (secondary N) is 1. The van der Waals surface area contributed by atoms with Crippen LogP contribution in [0.15, 0.2) is 0 Å². The number of ether oxygens (including phenoxy) is 1. The van der Waals surface area contributed by atoms with E-state index in [4.69, 9.17) is 9.84 Å². The molecule has 2 aliphatic rings. The van der Waals surface area contributed by atoms with Gasteiger partial charge in [-0.2, -0.15) is 0 Å². The van der Waals surface area contributed by atoms with E-state index >= 15 is 0 Å². The quantitative estimate of drug-likeness (QED) is 0.653. The van der Waals surface area contributed by atoms with Gasteiger partial charge in [0.2, 0.25) is 5.91 Å². The molecule has 2 saturated carbocycles. The fourth-order valence-electron chi connectivity index (χ4n) is 2.55. The van der Waals surface area contributed by atoms with Crippen molar-refractivity contribution >= 4 is 11.9 Å². The van der Waals surface area contributed by atoms with Gasteiger partial charge < -0.3 is 15.2 Å². The van der Waals surface area contributed by atoms with E-state index in [2.05, 4.69) is 10.2 Å². The first-order valence-corrected chi connectivity index (χ1v) is 6.82. The summed E-state index contributed by atoms with van der Waals surface area (Å²) in [5, 5.41) is 11.8. The Balaban J connectivity index is 1.72. The summed E-state index contributed by atoms with van der Waals surface area (Å²) >= 11 is 0. The zero-order chi connectivity index (χ0) is 13.8. The monoisotopic (exact) mass is 270 g/mol. The molecule has 0 aliphatic heterocycles. The molecular formula is C13H22N2O4. The van der Waals surface area contributed by atoms with E-state index < -0.39 is 5.97 Å². The van der Waals surface area contributed by atoms with Gasteiger partial charge >= 0.3 is 5.97 Å². The summed E-state index contributed by atoms with van der Waals surface area (Å²) < 4.78 is 4.76. The van der Waals surface area contributed by atoms with Gasteiger partial charge in [-0.1, -0.05) is 0 Å². The molecule has 0 radical (unpaired) electrons. The third kappa shape index (κ3) is 4.47. The molecule has 0 atom stereocenters. The van der Waals surface area contributed by atoms with Crippen molar-refractivity contribution in [3.8, 4) is 0 Å². The number of nitrogens with zero attached hydrogens (tertiary/aromatic N) is 1. The molecule has 0 bridgehead atoms. The van der Waals surface area contributed by atoms with Crippen molar-refractivity contribution in [1.29, 1.82) is 0 Å². The van der Waals surface area contributed by atoms with E-state index in [1.54, 1.807) is 0 Å². The van der Waals surface area contributed by atoms with Crippen LogP contribution in [0.4, 0.5) is 0 Å². The van der Waals surface area contributed by atoms with Gasteiger partial charge in [-0.15, -0.1) is 0 Å². The summed E-state index contributed by atoms with van der Waals surface area (Å²) in [5.41, 5.74) is 0. The zero-order valence-corrected chi connectivity index (χ0v) is 11.3. The molecule has 0 aromatic heterocycles. The molecule has 6 nitrogen and oxygen atoms in total. The van der Waals surface area contributed by atoms with E-state index in [-0.39, 0.29) is 25.1 Å². The second-order valence-electron chi connectivity index (χ2n) is 5.59. The Hall–Kier alpha value is -1.14. The minimum atomic E-state index is -0.771. The number of carboxylic acids is 1. The highest BCUT2D eigenvalue weighted by Gasteiger charge is 2.37. The molecule has 2 aliphatic carbocycles. The van der Waals surface area contributed by atoms with E-state index in [1.807, 2.05) is 0 Å². The average Bonchev–Trinajstić information content (AvgIpc) is 3.05. The third-order valence-electron chi connectivity index (χ3n) is 3.80. The lowest BCUT2D eigenvalue weighted by Crippen LogP contribution is -2.55. The van der Waals surface area contributed by atoms with Crippen LogP contribution < -0.4 is 5.32 Å². The minimum absolute atomic E-state index is 0.0854. The number of methoxy groups -OCH3 is 1. The molecule has 2 rings (SSSR count). The van der Waals surface area contributed by atoms with Crippen LogP contribution in [0.25, 0.3) is 0 Å². The molecule has 0 unspecified atom stereocenters. The number of carbonyl (C=O) groups is 2. The topological polar surface area (TPSA) is 78.9 Å². The standard InChI is InChI=1S/C13H22N2O4/c1-19-8-12(16)14-10-4-11(5-10)15(7-13(17)18)6-9-2-3-9/h9-11H,2-8H2,1H3,(H,14,16)(H,17,18). The fourth-order valence-corrected chi connectivity index (χ4v) is 2.55. The normalized spacial score (nSPS) is 26.0. The van der Waals surface area contributed by atoms with Crippen LogP contribution in [0.2, 0.25) is 0 Å². The van der Waals surface area contributed by atoms with Crippen molar-refractivity contribution in [3.05, 3.63) is 0 Å². The fraction of sp³-hybridized carbons (Fsp3) is 0.846. The van der Waals surface area contributed by atoms with Gasteiger partial charge in [0.25, 0.3) is 0 Å². The molecule has 0 spiro atoms. The van der Waals surface area contributed by atoms with Crippen molar-refractivity contribution < 1.29 is 19.4 Å². The van der Waals surface area contributed by atoms with E-state index in [9.17, 15) is 9.59 Å². The van der Waals surface area contributed by atoms with Crippen LogP contribution in [0.3, 0.4) is 0 Å². The highest BCUT2D eigenvalue weighted by molar-refractivity contribution is 5.77. The maximum atomic E-state index is 11.3. The van der Waals surface area contributed by atoms with Gasteiger partial charge in [-0.05, 0) is 31.6 Å². The second-order valence-corrected chi connectivity index (χ2v) is 5.59. The van der Waals surface area contributed by atoms with Crippen molar-refractivity contribution in [3.63, 3.8) is 0 Å². The predicted octanol–water partition coefficient (Wildman–Crippen LogP) is 0.0766. The van der Waals surface area contributed by atoms with Gasteiger partial charge in [-0.25, -0.2) is 0 Å². The number of carboxylic acid groups (broad SMARTS) is 1. The number of carbonyl (C=O) groups excluding carboxylic acids is 1. The van der Waals surface area contributed by atoms with Crippen LogP contribution in [-0.4, -0.2) is 60.8 Å². The number of aliphatic carboxylic acids is 1. The van der Waals surface area contributed by atoms with Gasteiger partial charge in [-0.3, -0.25) is 14.5 Å². The van der Waals surface area contributed by atoms with Crippen molar-refractivity contribution in [2.45, 2.75) is 37.8 Å². The van der Waals surface area contributed by atoms with Crippen molar-refractivity contribution in [2.75, 3.05) is 26.8 Å². The summed E-state index contributed by atoms with van der Waals surface area (Å²) in [4.78, 5) is 24.3. The molecule has 19 heavy (non-hydrogen) atoms. The molecule has 0 heterocycles. The number of hydrogen-bond acceptors (Lipinski definition) is 4. The summed E-state index contributed by atoms with van der Waals surface area (Å²) in [6, 6.07) is 0.465. The Morgan fingerprint density at radius 1 is 1.37 bits per heavy atom. The van der Waals surface area contributed by atoms with Crippen LogP contribution in [0.5, 0.6) is 0 Å². The second kappa shape index (κ2) is 6.34. The first kappa shape index (κ1) is 14.3. The minimum Gasteiger partial charge on any atom is -0.480 e. The lowest BCUT2D eigenvalue weighted by molar-refractivity contribution is -0.140. The largest absolute Gasteiger partial charge is 0.480 e. The van der Waals surface area contributed by atoms with Gasteiger partial charge in [0.15, 0.2) is 0 Å². The molecule has 108 valence electrons. The Bertz CT molecular complexity index is 338. The van der Waals surface area contributed by atoms with E-state index in [0.29, 0.717) is 12.0 Å². The first-order valence-electron chi connectivity index (χ1n) is 6.82. The van der Waals surface area contributed by atoms with Crippen LogP contribution in [0, 0.1) is 5.92 Å². The van der Waals surface area contributed by atoms with E-state index in [1.165, 1.54) is 20.0 Å². The molecular weight excluding hydrogens is 248 g/mol. The number of hydrogen-bond donors (Lipinski definition) is 2. The van der Waals surface area contributed by atoms with E-state index in [0.717, 1.165) is 19.4 Å². The smallest absolute Gasteiger partial charge is 0.317 e. The summed E-state index contributed by atoms with van der Waals surface area (Å²) in [7, 11) is 1.49. The molecule has 2 N–H and O–H groups in total. The summed E-state index contributed by atoms with van der Waals surface area (Å²) in [6.07, 6.45) is 4.12. The lowest BCUT2D eigenvalue weighted by Gasteiger charge is -2.42. The molecule has 0 saturated heterocycles. The molecule has 0 aromatic carbocycles. The lowest BCUT2D eigenvalue weighted by atomic mass is 9.85. The Labute approximate surface area is 113 Å². The van der Waals surface area contributed by atoms with Crippen LogP contribution >= 0.6 is 0 Å². The number of rotatable bonds is 8. The maximum Gasteiger partial charge on any atom is 0.317 e. The van der Waals surface area contributed by atoms with Gasteiger partial charge in [0, 0.05) is 25.7 Å². The SMILES string of the molecule is COCC(=O)NC1CC(N(CC(=O)O)CC2CC2)C1. The van der Waals surface area contributed by atoms with Gasteiger partial charge in [0.05, 0.1) is 6.54 Å². The average molecular weight is 270 g/mol. The predicted molar refractivity (Wildman–Crippen MR) is 68.8 cm³/mol. The Morgan fingerprint density at radius 2 is 2.05 bits per heavy atom. The Morgan fingerprint density at radius 3 is 2.58 bits per heavy atom. The number of amides is 1. The third-order valence-corrected chi connectivity index (χ3v) is 3.80. The summed E-state index contributed by atoms with van der Waals surface area (Å²) in [5.74, 6) is -0.188. The highest BCUT2D eigenvalue weighted by atomic mass is 16.5. The molecule has 0 aromatic rings. The molecule has 2 fully saturated rings. The van der Waals surface area contributed by atoms with Crippen molar-refractivity contribution in [2.24, 2.45) is 5.92 Å². The van der Waals surface area contributed by atoms with Crippen LogP contribution in [0.1, 0.15) is 25.7 Å². The summed E-state index contributed by atoms with van der Waals surface area (Å²) in [6.45, 7) is 1.08. The highest BCUT2D eigenvalue weighted by Crippen LogP contribution is 2.33. The van der Waals surface area contributed by atoms with Crippen LogP contribution in [-0.2, 0) is 14.3 Å². The van der Waals surface area contributed by atoms with Crippen molar-refractivity contribution in [1.82, 2.24) is 10.2 Å². The molecule has 6 heteroatoms.